The number of fused-ring (bicyclic) bond motifs is 1. The highest BCUT2D eigenvalue weighted by atomic mass is 19.1. The van der Waals surface area contributed by atoms with Gasteiger partial charge < -0.3 is 10.6 Å². The van der Waals surface area contributed by atoms with Gasteiger partial charge in [0.25, 0.3) is 0 Å². The zero-order chi connectivity index (χ0) is 25.6. The number of benzene rings is 3. The van der Waals surface area contributed by atoms with Crippen LogP contribution in [0.4, 0.5) is 10.1 Å². The molecule has 0 unspecified atom stereocenters. The first-order valence-corrected chi connectivity index (χ1v) is 12.5. The van der Waals surface area contributed by atoms with Crippen molar-refractivity contribution < 1.29 is 14.0 Å². The molecule has 2 N–H and O–H groups in total. The van der Waals surface area contributed by atoms with Crippen molar-refractivity contribution in [3.05, 3.63) is 108 Å². The van der Waals surface area contributed by atoms with Gasteiger partial charge in [-0.05, 0) is 64.7 Å². The highest BCUT2D eigenvalue weighted by Gasteiger charge is 2.35. The number of nitrogens with one attached hydrogen (secondary N) is 2. The van der Waals surface area contributed by atoms with Gasteiger partial charge in [0.05, 0.1) is 11.8 Å². The Bertz CT molecular complexity index is 1370. The van der Waals surface area contributed by atoms with E-state index in [0.717, 1.165) is 21.9 Å². The average Bonchev–Trinajstić information content (AvgIpc) is 2.93. The van der Waals surface area contributed by atoms with E-state index in [0.29, 0.717) is 38.3 Å². The second-order valence-electron chi connectivity index (χ2n) is 9.53. The van der Waals surface area contributed by atoms with Gasteiger partial charge in [0.15, 0.2) is 0 Å². The Kier molecular flexibility index (Phi) is 7.51. The number of piperidine rings is 1. The van der Waals surface area contributed by atoms with Crippen molar-refractivity contribution in [1.82, 2.24) is 15.2 Å². The van der Waals surface area contributed by atoms with Crippen molar-refractivity contribution in [2.45, 2.75) is 19.5 Å². The summed E-state index contributed by atoms with van der Waals surface area (Å²) in [6, 6.07) is 23.8. The molecule has 1 fully saturated rings. The molecule has 0 radical (unpaired) electrons. The SMILES string of the molecule is O=C(NCc1cccc2ccccc12)[C@H]1C[C@@H](C(=O)Nc2ccc(F)cc2)CN(Cc2ccncc2)C1. The minimum atomic E-state index is -0.381. The summed E-state index contributed by atoms with van der Waals surface area (Å²) < 4.78 is 13.3. The fourth-order valence-electron chi connectivity index (χ4n) is 5.00. The summed E-state index contributed by atoms with van der Waals surface area (Å²) in [5.41, 5.74) is 2.67. The lowest BCUT2D eigenvalue weighted by Crippen LogP contribution is -2.48. The Morgan fingerprint density at radius 2 is 1.57 bits per heavy atom. The minimum Gasteiger partial charge on any atom is -0.352 e. The number of hydrogen-bond donors (Lipinski definition) is 2. The van der Waals surface area contributed by atoms with Crippen LogP contribution in [-0.2, 0) is 22.7 Å². The molecule has 0 spiro atoms. The third kappa shape index (κ3) is 6.19. The number of pyridine rings is 1. The molecule has 2 amide bonds. The number of carbonyl (C=O) groups excluding carboxylic acids is 2. The molecule has 1 aliphatic heterocycles. The van der Waals surface area contributed by atoms with E-state index in [1.54, 1.807) is 24.5 Å². The molecule has 1 aliphatic rings. The number of hydrogen-bond acceptors (Lipinski definition) is 4. The van der Waals surface area contributed by atoms with Crippen molar-refractivity contribution in [2.24, 2.45) is 11.8 Å². The molecule has 37 heavy (non-hydrogen) atoms. The summed E-state index contributed by atoms with van der Waals surface area (Å²) >= 11 is 0. The van der Waals surface area contributed by atoms with Crippen LogP contribution in [0.5, 0.6) is 0 Å². The van der Waals surface area contributed by atoms with Crippen LogP contribution < -0.4 is 10.6 Å². The van der Waals surface area contributed by atoms with Crippen LogP contribution in [0.2, 0.25) is 0 Å². The first-order valence-electron chi connectivity index (χ1n) is 12.5. The standard InChI is InChI=1S/C30H29FN4O2/c31-26-8-10-27(11-9-26)34-30(37)25-16-24(19-35(20-25)18-21-12-14-32-15-13-21)29(36)33-17-23-6-3-5-22-4-1-2-7-28(22)23/h1-15,24-25H,16-20H2,(H,33,36)(H,34,37)/t24-,25+/m0/s1. The maximum atomic E-state index is 13.3. The number of anilines is 1. The van der Waals surface area contributed by atoms with Gasteiger partial charge in [0.1, 0.15) is 5.82 Å². The molecule has 2 atom stereocenters. The van der Waals surface area contributed by atoms with E-state index in [4.69, 9.17) is 0 Å². The van der Waals surface area contributed by atoms with Gasteiger partial charge in [0, 0.05) is 44.3 Å². The van der Waals surface area contributed by atoms with Crippen molar-refractivity contribution in [3.63, 3.8) is 0 Å². The lowest BCUT2D eigenvalue weighted by Gasteiger charge is -2.36. The summed E-state index contributed by atoms with van der Waals surface area (Å²) in [6.07, 6.45) is 3.93. The van der Waals surface area contributed by atoms with Gasteiger partial charge in [0.2, 0.25) is 11.8 Å². The largest absolute Gasteiger partial charge is 0.352 e. The quantitative estimate of drug-likeness (QED) is 0.387. The normalized spacial score (nSPS) is 17.9. The van der Waals surface area contributed by atoms with E-state index < -0.39 is 0 Å². The maximum Gasteiger partial charge on any atom is 0.228 e. The Morgan fingerprint density at radius 3 is 2.35 bits per heavy atom. The lowest BCUT2D eigenvalue weighted by atomic mass is 9.87. The zero-order valence-corrected chi connectivity index (χ0v) is 20.4. The Morgan fingerprint density at radius 1 is 0.865 bits per heavy atom. The van der Waals surface area contributed by atoms with Crippen molar-refractivity contribution >= 4 is 28.3 Å². The first kappa shape index (κ1) is 24.6. The molecule has 3 aromatic carbocycles. The predicted octanol–water partition coefficient (Wildman–Crippen LogP) is 4.77. The molecule has 0 bridgehead atoms. The molecule has 1 saturated heterocycles. The number of halogens is 1. The number of carbonyl (C=O) groups is 2. The summed E-state index contributed by atoms with van der Waals surface area (Å²) in [5.74, 6) is -1.31. The van der Waals surface area contributed by atoms with Crippen LogP contribution >= 0.6 is 0 Å². The Labute approximate surface area is 215 Å². The second-order valence-corrected chi connectivity index (χ2v) is 9.53. The van der Waals surface area contributed by atoms with Crippen molar-refractivity contribution in [3.8, 4) is 0 Å². The highest BCUT2D eigenvalue weighted by Crippen LogP contribution is 2.26. The first-order chi connectivity index (χ1) is 18.0. The highest BCUT2D eigenvalue weighted by molar-refractivity contribution is 5.93. The van der Waals surface area contributed by atoms with Crippen LogP contribution in [0.3, 0.4) is 0 Å². The lowest BCUT2D eigenvalue weighted by molar-refractivity contribution is -0.130. The Hall–Kier alpha value is -4.10. The van der Waals surface area contributed by atoms with Gasteiger partial charge in [-0.15, -0.1) is 0 Å². The second kappa shape index (κ2) is 11.3. The fourth-order valence-corrected chi connectivity index (χ4v) is 5.00. The summed E-state index contributed by atoms with van der Waals surface area (Å²) in [5, 5.41) is 8.25. The third-order valence-electron chi connectivity index (χ3n) is 6.87. The van der Waals surface area contributed by atoms with Crippen molar-refractivity contribution in [2.75, 3.05) is 18.4 Å². The van der Waals surface area contributed by atoms with E-state index in [1.165, 1.54) is 12.1 Å². The zero-order valence-electron chi connectivity index (χ0n) is 20.4. The van der Waals surface area contributed by atoms with Gasteiger partial charge in [-0.1, -0.05) is 42.5 Å². The number of aromatic nitrogens is 1. The van der Waals surface area contributed by atoms with E-state index in [2.05, 4.69) is 38.7 Å². The Balaban J connectivity index is 1.30. The number of nitrogens with zero attached hydrogens (tertiary/aromatic N) is 2. The molecule has 5 rings (SSSR count). The van der Waals surface area contributed by atoms with Crippen molar-refractivity contribution in [1.29, 1.82) is 0 Å². The van der Waals surface area contributed by atoms with Crippen LogP contribution in [0.15, 0.2) is 91.3 Å². The molecule has 0 saturated carbocycles. The molecular formula is C30H29FN4O2. The monoisotopic (exact) mass is 496 g/mol. The maximum absolute atomic E-state index is 13.3. The molecule has 6 nitrogen and oxygen atoms in total. The van der Waals surface area contributed by atoms with Gasteiger partial charge in [-0.2, -0.15) is 0 Å². The molecular weight excluding hydrogens is 467 g/mol. The van der Waals surface area contributed by atoms with Crippen LogP contribution in [0.1, 0.15) is 17.5 Å². The number of rotatable bonds is 7. The van der Waals surface area contributed by atoms with E-state index in [-0.39, 0.29) is 29.5 Å². The summed E-state index contributed by atoms with van der Waals surface area (Å²) in [7, 11) is 0. The van der Waals surface area contributed by atoms with E-state index >= 15 is 0 Å². The predicted molar refractivity (Wildman–Crippen MR) is 142 cm³/mol. The molecule has 188 valence electrons. The fraction of sp³-hybridized carbons (Fsp3) is 0.233. The molecule has 1 aromatic heterocycles. The van der Waals surface area contributed by atoms with Crippen LogP contribution in [0, 0.1) is 17.7 Å². The number of amides is 2. The smallest absolute Gasteiger partial charge is 0.228 e. The van der Waals surface area contributed by atoms with E-state index in [1.807, 2.05) is 36.4 Å². The van der Waals surface area contributed by atoms with Gasteiger partial charge in [-0.3, -0.25) is 19.5 Å². The molecule has 7 heteroatoms. The molecule has 4 aromatic rings. The average molecular weight is 497 g/mol. The van der Waals surface area contributed by atoms with Gasteiger partial charge >= 0.3 is 0 Å². The molecule has 2 heterocycles. The molecule has 0 aliphatic carbocycles. The van der Waals surface area contributed by atoms with E-state index in [9.17, 15) is 14.0 Å². The minimum absolute atomic E-state index is 0.0630. The summed E-state index contributed by atoms with van der Waals surface area (Å²) in [4.78, 5) is 32.7. The number of likely N-dealkylation sites (tertiary alicyclic amines) is 1. The summed E-state index contributed by atoms with van der Waals surface area (Å²) in [6.45, 7) is 2.13. The third-order valence-corrected chi connectivity index (χ3v) is 6.87. The van der Waals surface area contributed by atoms with Gasteiger partial charge in [-0.25, -0.2) is 4.39 Å². The van der Waals surface area contributed by atoms with Crippen LogP contribution in [-0.4, -0.2) is 34.8 Å². The topological polar surface area (TPSA) is 74.3 Å². The van der Waals surface area contributed by atoms with Crippen LogP contribution in [0.25, 0.3) is 10.8 Å².